The van der Waals surface area contributed by atoms with Gasteiger partial charge in [-0.3, -0.25) is 0 Å². The minimum Gasteiger partial charge on any atom is -0.496 e. The van der Waals surface area contributed by atoms with Crippen molar-refractivity contribution in [1.82, 2.24) is 0 Å². The molecule has 2 nitrogen and oxygen atoms in total. The summed E-state index contributed by atoms with van der Waals surface area (Å²) in [5.74, 6) is 2.20. The van der Waals surface area contributed by atoms with Crippen molar-refractivity contribution in [3.8, 4) is 5.75 Å². The van der Waals surface area contributed by atoms with E-state index in [4.69, 9.17) is 4.74 Å². The van der Waals surface area contributed by atoms with Gasteiger partial charge in [-0.1, -0.05) is 6.07 Å². The molecular weight excluding hydrogens is 212 g/mol. The molecule has 94 valence electrons. The molecule has 1 N–H and O–H groups in total. The summed E-state index contributed by atoms with van der Waals surface area (Å²) in [6.07, 6.45) is 3.44. The van der Waals surface area contributed by atoms with E-state index in [1.54, 1.807) is 7.11 Å². The molecule has 0 bridgehead atoms. The van der Waals surface area contributed by atoms with Crippen molar-refractivity contribution in [2.45, 2.75) is 39.0 Å². The second kappa shape index (κ2) is 5.09. The van der Waals surface area contributed by atoms with Gasteiger partial charge in [-0.15, -0.1) is 0 Å². The lowest BCUT2D eigenvalue weighted by Gasteiger charge is -2.20. The van der Waals surface area contributed by atoms with Crippen LogP contribution >= 0.6 is 0 Å². The minimum absolute atomic E-state index is 0.261. The number of hydrogen-bond donors (Lipinski definition) is 1. The predicted octanol–water partition coefficient (Wildman–Crippen LogP) is 3.19. The van der Waals surface area contributed by atoms with E-state index < -0.39 is 0 Å². The van der Waals surface area contributed by atoms with Crippen LogP contribution in [-0.4, -0.2) is 18.8 Å². The third-order valence-electron chi connectivity index (χ3n) is 3.88. The summed E-state index contributed by atoms with van der Waals surface area (Å²) in [5.41, 5.74) is 3.86. The van der Waals surface area contributed by atoms with E-state index in [-0.39, 0.29) is 6.61 Å². The van der Waals surface area contributed by atoms with Crippen molar-refractivity contribution in [2.24, 2.45) is 5.92 Å². The Bertz CT molecular complexity index is 394. The first kappa shape index (κ1) is 12.4. The van der Waals surface area contributed by atoms with Crippen molar-refractivity contribution >= 4 is 0 Å². The zero-order valence-electron chi connectivity index (χ0n) is 11.0. The molecule has 2 rings (SSSR count). The molecule has 1 fully saturated rings. The molecule has 1 aliphatic carbocycles. The quantitative estimate of drug-likeness (QED) is 0.847. The highest BCUT2D eigenvalue weighted by molar-refractivity contribution is 5.44. The maximum absolute atomic E-state index is 9.22. The van der Waals surface area contributed by atoms with E-state index in [0.717, 1.165) is 18.1 Å². The summed E-state index contributed by atoms with van der Waals surface area (Å²) >= 11 is 0. The monoisotopic (exact) mass is 234 g/mol. The van der Waals surface area contributed by atoms with Gasteiger partial charge in [-0.05, 0) is 67.7 Å². The largest absolute Gasteiger partial charge is 0.496 e. The zero-order valence-corrected chi connectivity index (χ0v) is 11.0. The molecule has 0 spiro atoms. The van der Waals surface area contributed by atoms with Gasteiger partial charge in [0.05, 0.1) is 7.11 Å². The maximum Gasteiger partial charge on any atom is 0.122 e. The van der Waals surface area contributed by atoms with Gasteiger partial charge in [0.1, 0.15) is 5.75 Å². The molecule has 1 aromatic carbocycles. The van der Waals surface area contributed by atoms with Gasteiger partial charge in [-0.25, -0.2) is 0 Å². The van der Waals surface area contributed by atoms with Crippen LogP contribution in [0.25, 0.3) is 0 Å². The van der Waals surface area contributed by atoms with Crippen molar-refractivity contribution in [2.75, 3.05) is 13.7 Å². The SMILES string of the molecule is COc1cc(C)c(C)cc1C(CCO)C1CC1. The van der Waals surface area contributed by atoms with Gasteiger partial charge in [0.2, 0.25) is 0 Å². The van der Waals surface area contributed by atoms with Crippen LogP contribution in [0.3, 0.4) is 0 Å². The van der Waals surface area contributed by atoms with E-state index in [1.807, 2.05) is 0 Å². The van der Waals surface area contributed by atoms with Crippen molar-refractivity contribution in [3.05, 3.63) is 28.8 Å². The highest BCUT2D eigenvalue weighted by Gasteiger charge is 2.33. The number of rotatable bonds is 5. The van der Waals surface area contributed by atoms with Crippen LogP contribution in [0.15, 0.2) is 12.1 Å². The van der Waals surface area contributed by atoms with Crippen molar-refractivity contribution in [3.63, 3.8) is 0 Å². The molecule has 1 aromatic rings. The molecule has 0 radical (unpaired) electrons. The fraction of sp³-hybridized carbons (Fsp3) is 0.600. The molecule has 0 saturated heterocycles. The molecule has 2 heteroatoms. The first-order chi connectivity index (χ1) is 8.17. The van der Waals surface area contributed by atoms with Crippen LogP contribution in [0.4, 0.5) is 0 Å². The molecule has 0 amide bonds. The smallest absolute Gasteiger partial charge is 0.122 e. The zero-order chi connectivity index (χ0) is 12.4. The average Bonchev–Trinajstić information content (AvgIpc) is 3.13. The second-order valence-electron chi connectivity index (χ2n) is 5.13. The Labute approximate surface area is 104 Å². The molecule has 1 atom stereocenters. The van der Waals surface area contributed by atoms with Crippen LogP contribution in [0.2, 0.25) is 0 Å². The summed E-state index contributed by atoms with van der Waals surface area (Å²) in [7, 11) is 1.73. The lowest BCUT2D eigenvalue weighted by Crippen LogP contribution is -2.07. The molecule has 0 aliphatic heterocycles. The number of ether oxygens (including phenoxy) is 1. The lowest BCUT2D eigenvalue weighted by molar-refractivity contribution is 0.268. The Morgan fingerprint density at radius 2 is 1.94 bits per heavy atom. The van der Waals surface area contributed by atoms with Crippen LogP contribution in [0, 0.1) is 19.8 Å². The van der Waals surface area contributed by atoms with Crippen LogP contribution in [0.5, 0.6) is 5.75 Å². The second-order valence-corrected chi connectivity index (χ2v) is 5.13. The van der Waals surface area contributed by atoms with Gasteiger partial charge in [-0.2, -0.15) is 0 Å². The van der Waals surface area contributed by atoms with Gasteiger partial charge >= 0.3 is 0 Å². The van der Waals surface area contributed by atoms with Crippen molar-refractivity contribution in [1.29, 1.82) is 0 Å². The minimum atomic E-state index is 0.261. The van der Waals surface area contributed by atoms with E-state index in [0.29, 0.717) is 5.92 Å². The number of aliphatic hydroxyl groups is 1. The molecule has 1 aliphatic rings. The highest BCUT2D eigenvalue weighted by atomic mass is 16.5. The summed E-state index contributed by atoms with van der Waals surface area (Å²) in [6, 6.07) is 4.37. The maximum atomic E-state index is 9.22. The molecule has 0 aromatic heterocycles. The highest BCUT2D eigenvalue weighted by Crippen LogP contribution is 2.47. The van der Waals surface area contributed by atoms with E-state index in [2.05, 4.69) is 26.0 Å². The summed E-state index contributed by atoms with van der Waals surface area (Å²) in [6.45, 7) is 4.51. The van der Waals surface area contributed by atoms with Crippen molar-refractivity contribution < 1.29 is 9.84 Å². The summed E-state index contributed by atoms with van der Waals surface area (Å²) in [4.78, 5) is 0. The third-order valence-corrected chi connectivity index (χ3v) is 3.88. The van der Waals surface area contributed by atoms with Gasteiger partial charge in [0.15, 0.2) is 0 Å². The molecule has 0 heterocycles. The Morgan fingerprint density at radius 1 is 1.29 bits per heavy atom. The van der Waals surface area contributed by atoms with Crippen LogP contribution in [-0.2, 0) is 0 Å². The van der Waals surface area contributed by atoms with Gasteiger partial charge in [0, 0.05) is 6.61 Å². The first-order valence-electron chi connectivity index (χ1n) is 6.43. The Morgan fingerprint density at radius 3 is 2.47 bits per heavy atom. The first-order valence-corrected chi connectivity index (χ1v) is 6.43. The fourth-order valence-corrected chi connectivity index (χ4v) is 2.56. The molecule has 1 unspecified atom stereocenters. The molecule has 1 saturated carbocycles. The topological polar surface area (TPSA) is 29.5 Å². The van der Waals surface area contributed by atoms with Gasteiger partial charge in [0.25, 0.3) is 0 Å². The predicted molar refractivity (Wildman–Crippen MR) is 69.6 cm³/mol. The fourth-order valence-electron chi connectivity index (χ4n) is 2.56. The Kier molecular flexibility index (Phi) is 3.72. The molecular formula is C15H22O2. The standard InChI is InChI=1S/C15H22O2/c1-10-8-14(15(17-3)9-11(10)2)13(6-7-16)12-4-5-12/h8-9,12-13,16H,4-7H2,1-3H3. The number of methoxy groups -OCH3 is 1. The van der Waals surface area contributed by atoms with Crippen LogP contribution in [0.1, 0.15) is 41.9 Å². The van der Waals surface area contributed by atoms with Gasteiger partial charge < -0.3 is 9.84 Å². The van der Waals surface area contributed by atoms with E-state index >= 15 is 0 Å². The number of aliphatic hydroxyl groups excluding tert-OH is 1. The Hall–Kier alpha value is -1.02. The van der Waals surface area contributed by atoms with E-state index in [1.165, 1.54) is 29.5 Å². The average molecular weight is 234 g/mol. The van der Waals surface area contributed by atoms with E-state index in [9.17, 15) is 5.11 Å². The summed E-state index contributed by atoms with van der Waals surface area (Å²) < 4.78 is 5.50. The molecule has 17 heavy (non-hydrogen) atoms. The lowest BCUT2D eigenvalue weighted by atomic mass is 9.88. The third kappa shape index (κ3) is 2.63. The number of benzene rings is 1. The van der Waals surface area contributed by atoms with Crippen LogP contribution < -0.4 is 4.74 Å². The normalized spacial score (nSPS) is 16.9. The summed E-state index contributed by atoms with van der Waals surface area (Å²) in [5, 5.41) is 9.22. The Balaban J connectivity index is 2.36. The number of hydrogen-bond acceptors (Lipinski definition) is 2. The number of aryl methyl sites for hydroxylation is 2.